The largest absolute Gasteiger partial charge is 0.486 e. The fraction of sp³-hybridized carbons (Fsp3) is 0.105. The third-order valence-electron chi connectivity index (χ3n) is 3.87. The molecule has 3 aromatic rings. The van der Waals surface area contributed by atoms with E-state index in [1.165, 1.54) is 6.07 Å². The summed E-state index contributed by atoms with van der Waals surface area (Å²) >= 11 is 0. The summed E-state index contributed by atoms with van der Waals surface area (Å²) < 4.78 is 11.1. The SMILES string of the molecule is O=C(O)c1ccccc1Nc1ccnc(Nc2ccc3c(c2)OCCO3)n1. The molecule has 2 aromatic carbocycles. The number of carboxylic acids is 1. The van der Waals surface area contributed by atoms with Crippen molar-refractivity contribution in [2.45, 2.75) is 0 Å². The number of fused-ring (bicyclic) bond motifs is 1. The molecule has 3 N–H and O–H groups in total. The first kappa shape index (κ1) is 16.6. The second-order valence-electron chi connectivity index (χ2n) is 5.72. The molecule has 4 rings (SSSR count). The molecule has 8 nitrogen and oxygen atoms in total. The van der Waals surface area contributed by atoms with E-state index in [1.54, 1.807) is 30.5 Å². The number of nitrogens with zero attached hydrogens (tertiary/aromatic N) is 2. The zero-order valence-electron chi connectivity index (χ0n) is 14.2. The first-order chi connectivity index (χ1) is 13.2. The van der Waals surface area contributed by atoms with Gasteiger partial charge in [-0.3, -0.25) is 0 Å². The van der Waals surface area contributed by atoms with Gasteiger partial charge in [0.1, 0.15) is 19.0 Å². The third-order valence-corrected chi connectivity index (χ3v) is 3.87. The van der Waals surface area contributed by atoms with Gasteiger partial charge in [0.25, 0.3) is 0 Å². The van der Waals surface area contributed by atoms with Crippen molar-refractivity contribution in [3.05, 3.63) is 60.3 Å². The number of nitrogens with one attached hydrogen (secondary N) is 2. The van der Waals surface area contributed by atoms with Gasteiger partial charge in [-0.2, -0.15) is 4.98 Å². The Balaban J connectivity index is 1.54. The number of anilines is 4. The Morgan fingerprint density at radius 2 is 1.81 bits per heavy atom. The minimum atomic E-state index is -1.01. The van der Waals surface area contributed by atoms with Crippen LogP contribution in [0.25, 0.3) is 0 Å². The zero-order chi connectivity index (χ0) is 18.6. The number of ether oxygens (including phenoxy) is 2. The molecule has 0 unspecified atom stereocenters. The van der Waals surface area contributed by atoms with E-state index >= 15 is 0 Å². The molecule has 136 valence electrons. The van der Waals surface area contributed by atoms with Gasteiger partial charge in [-0.05, 0) is 30.3 Å². The molecule has 0 amide bonds. The van der Waals surface area contributed by atoms with E-state index in [4.69, 9.17) is 9.47 Å². The van der Waals surface area contributed by atoms with Crippen molar-refractivity contribution in [1.29, 1.82) is 0 Å². The first-order valence-corrected chi connectivity index (χ1v) is 8.28. The van der Waals surface area contributed by atoms with Gasteiger partial charge in [0.05, 0.1) is 11.3 Å². The molecule has 0 fully saturated rings. The topological polar surface area (TPSA) is 106 Å². The number of carbonyl (C=O) groups is 1. The van der Waals surface area contributed by atoms with Crippen LogP contribution in [0.3, 0.4) is 0 Å². The third kappa shape index (κ3) is 3.74. The normalized spacial score (nSPS) is 12.3. The smallest absolute Gasteiger partial charge is 0.337 e. The van der Waals surface area contributed by atoms with Crippen molar-refractivity contribution in [3.8, 4) is 11.5 Å². The Labute approximate surface area is 154 Å². The molecule has 2 heterocycles. The maximum Gasteiger partial charge on any atom is 0.337 e. The first-order valence-electron chi connectivity index (χ1n) is 8.28. The number of para-hydroxylation sites is 1. The predicted octanol–water partition coefficient (Wildman–Crippen LogP) is 3.43. The number of aromatic nitrogens is 2. The van der Waals surface area contributed by atoms with Crippen LogP contribution in [-0.4, -0.2) is 34.3 Å². The van der Waals surface area contributed by atoms with Gasteiger partial charge in [0.2, 0.25) is 5.95 Å². The number of carboxylic acid groups (broad SMARTS) is 1. The van der Waals surface area contributed by atoms with Crippen molar-refractivity contribution in [2.24, 2.45) is 0 Å². The molecule has 0 atom stereocenters. The number of benzene rings is 2. The summed E-state index contributed by atoms with van der Waals surface area (Å²) in [5.74, 6) is 1.19. The monoisotopic (exact) mass is 364 g/mol. The molecule has 0 radical (unpaired) electrons. The van der Waals surface area contributed by atoms with Gasteiger partial charge < -0.3 is 25.2 Å². The van der Waals surface area contributed by atoms with Crippen LogP contribution in [0.15, 0.2) is 54.7 Å². The quantitative estimate of drug-likeness (QED) is 0.632. The van der Waals surface area contributed by atoms with Crippen LogP contribution in [0.1, 0.15) is 10.4 Å². The average Bonchev–Trinajstić information content (AvgIpc) is 2.68. The number of rotatable bonds is 5. The minimum Gasteiger partial charge on any atom is -0.486 e. The van der Waals surface area contributed by atoms with Crippen molar-refractivity contribution in [2.75, 3.05) is 23.8 Å². The summed E-state index contributed by atoms with van der Waals surface area (Å²) in [6, 6.07) is 13.8. The van der Waals surface area contributed by atoms with E-state index in [1.807, 2.05) is 18.2 Å². The van der Waals surface area contributed by atoms with Crippen LogP contribution in [-0.2, 0) is 0 Å². The second kappa shape index (κ2) is 7.20. The summed E-state index contributed by atoms with van der Waals surface area (Å²) in [6.07, 6.45) is 1.58. The van der Waals surface area contributed by atoms with Crippen LogP contribution < -0.4 is 20.1 Å². The average molecular weight is 364 g/mol. The molecule has 8 heteroatoms. The Morgan fingerprint density at radius 3 is 2.67 bits per heavy atom. The Morgan fingerprint density at radius 1 is 1.00 bits per heavy atom. The maximum absolute atomic E-state index is 11.3. The van der Waals surface area contributed by atoms with E-state index in [0.717, 1.165) is 5.69 Å². The lowest BCUT2D eigenvalue weighted by molar-refractivity contribution is 0.0698. The molecular weight excluding hydrogens is 348 g/mol. The van der Waals surface area contributed by atoms with Crippen molar-refractivity contribution < 1.29 is 19.4 Å². The van der Waals surface area contributed by atoms with Gasteiger partial charge in [0, 0.05) is 18.0 Å². The molecular formula is C19H16N4O4. The highest BCUT2D eigenvalue weighted by atomic mass is 16.6. The number of hydrogen-bond donors (Lipinski definition) is 3. The predicted molar refractivity (Wildman–Crippen MR) is 99.4 cm³/mol. The van der Waals surface area contributed by atoms with Crippen molar-refractivity contribution in [3.63, 3.8) is 0 Å². The summed E-state index contributed by atoms with van der Waals surface area (Å²) in [5.41, 5.74) is 1.37. The zero-order valence-corrected chi connectivity index (χ0v) is 14.2. The van der Waals surface area contributed by atoms with Crippen LogP contribution in [0.5, 0.6) is 11.5 Å². The fourth-order valence-electron chi connectivity index (χ4n) is 2.66. The number of hydrogen-bond acceptors (Lipinski definition) is 7. The van der Waals surface area contributed by atoms with Crippen LogP contribution in [0.4, 0.5) is 23.1 Å². The Bertz CT molecular complexity index is 993. The highest BCUT2D eigenvalue weighted by molar-refractivity contribution is 5.95. The molecule has 0 saturated carbocycles. The molecule has 1 aliphatic heterocycles. The summed E-state index contributed by atoms with van der Waals surface area (Å²) in [5, 5.41) is 15.4. The van der Waals surface area contributed by atoms with Gasteiger partial charge >= 0.3 is 5.97 Å². The molecule has 0 bridgehead atoms. The molecule has 0 spiro atoms. The molecule has 1 aromatic heterocycles. The van der Waals surface area contributed by atoms with Crippen molar-refractivity contribution in [1.82, 2.24) is 9.97 Å². The standard InChI is InChI=1S/C19H16N4O4/c24-18(25)13-3-1-2-4-14(13)22-17-7-8-20-19(23-17)21-12-5-6-15-16(11-12)27-10-9-26-15/h1-8,11H,9-10H2,(H,24,25)(H2,20,21,22,23). The summed E-state index contributed by atoms with van der Waals surface area (Å²) in [4.78, 5) is 19.9. The summed E-state index contributed by atoms with van der Waals surface area (Å²) in [7, 11) is 0. The lowest BCUT2D eigenvalue weighted by Gasteiger charge is -2.19. The Kier molecular flexibility index (Phi) is 4.44. The highest BCUT2D eigenvalue weighted by Crippen LogP contribution is 2.33. The number of aromatic carboxylic acids is 1. The van der Waals surface area contributed by atoms with E-state index in [0.29, 0.717) is 42.2 Å². The van der Waals surface area contributed by atoms with Gasteiger partial charge in [-0.25, -0.2) is 9.78 Å². The lowest BCUT2D eigenvalue weighted by atomic mass is 10.2. The van der Waals surface area contributed by atoms with Crippen LogP contribution in [0.2, 0.25) is 0 Å². The Hall–Kier alpha value is -3.81. The minimum absolute atomic E-state index is 0.164. The molecule has 0 saturated heterocycles. The van der Waals surface area contributed by atoms with Crippen LogP contribution in [0, 0.1) is 0 Å². The van der Waals surface area contributed by atoms with Crippen molar-refractivity contribution >= 4 is 29.1 Å². The molecule has 0 aliphatic carbocycles. The van der Waals surface area contributed by atoms with E-state index in [2.05, 4.69) is 20.6 Å². The highest BCUT2D eigenvalue weighted by Gasteiger charge is 2.13. The van der Waals surface area contributed by atoms with Crippen LogP contribution >= 0.6 is 0 Å². The summed E-state index contributed by atoms with van der Waals surface area (Å²) in [6.45, 7) is 1.05. The van der Waals surface area contributed by atoms with Gasteiger partial charge in [-0.1, -0.05) is 12.1 Å². The molecule has 1 aliphatic rings. The second-order valence-corrected chi connectivity index (χ2v) is 5.72. The van der Waals surface area contributed by atoms with Gasteiger partial charge in [-0.15, -0.1) is 0 Å². The molecule has 27 heavy (non-hydrogen) atoms. The fourth-order valence-corrected chi connectivity index (χ4v) is 2.66. The lowest BCUT2D eigenvalue weighted by Crippen LogP contribution is -2.15. The van der Waals surface area contributed by atoms with Gasteiger partial charge in [0.15, 0.2) is 11.5 Å². The van der Waals surface area contributed by atoms with E-state index in [9.17, 15) is 9.90 Å². The maximum atomic E-state index is 11.3. The van der Waals surface area contributed by atoms with E-state index < -0.39 is 5.97 Å². The van der Waals surface area contributed by atoms with E-state index in [-0.39, 0.29) is 5.56 Å².